The first-order valence-corrected chi connectivity index (χ1v) is 13.0. The molecule has 0 nitrogen and oxygen atoms in total. The van der Waals surface area contributed by atoms with Crippen LogP contribution in [0.25, 0.3) is 4.41 Å². The molecule has 1 rings (SSSR count). The Labute approximate surface area is 124 Å². The first-order chi connectivity index (χ1) is 8.11. The van der Waals surface area contributed by atoms with Crippen molar-refractivity contribution < 1.29 is 0 Å². The minimum absolute atomic E-state index is 0.276. The van der Waals surface area contributed by atoms with Crippen LogP contribution in [0.2, 0.25) is 19.6 Å². The Hall–Kier alpha value is 0.150. The van der Waals surface area contributed by atoms with E-state index in [9.17, 15) is 0 Å². The molecule has 0 aromatic heterocycles. The second-order valence-corrected chi connectivity index (χ2v) is 18.3. The van der Waals surface area contributed by atoms with Gasteiger partial charge in [-0.05, 0) is 0 Å². The van der Waals surface area contributed by atoms with E-state index in [1.165, 1.54) is 9.97 Å². The molecule has 0 saturated heterocycles. The van der Waals surface area contributed by atoms with Gasteiger partial charge in [0, 0.05) is 0 Å². The summed E-state index contributed by atoms with van der Waals surface area (Å²) in [5.41, 5.74) is 1.66. The topological polar surface area (TPSA) is 0 Å². The van der Waals surface area contributed by atoms with Gasteiger partial charge in [0.05, 0.1) is 0 Å². The molecule has 0 bridgehead atoms. The van der Waals surface area contributed by atoms with Crippen LogP contribution >= 0.6 is 8.13 Å². The molecular formula is C15H24GePSi. The SMILES string of the molecule is CC(C)(C)/C(P[Si](C)(C)C)=[C](/[Ge])c1ccccc1. The number of hydrogen-bond acceptors (Lipinski definition) is 0. The fraction of sp³-hybridized carbons (Fsp3) is 0.467. The second-order valence-electron chi connectivity index (χ2n) is 6.74. The van der Waals surface area contributed by atoms with Gasteiger partial charge in [0.15, 0.2) is 0 Å². The van der Waals surface area contributed by atoms with Gasteiger partial charge >= 0.3 is 124 Å². The summed E-state index contributed by atoms with van der Waals surface area (Å²) in [6, 6.07) is 10.8. The summed E-state index contributed by atoms with van der Waals surface area (Å²) in [6.45, 7) is 14.5. The molecule has 0 N–H and O–H groups in total. The number of rotatable bonds is 3. The Morgan fingerprint density at radius 1 is 1.06 bits per heavy atom. The zero-order valence-corrected chi connectivity index (χ0v) is 16.5. The van der Waals surface area contributed by atoms with Crippen molar-refractivity contribution in [2.75, 3.05) is 0 Å². The number of benzene rings is 1. The molecule has 0 heterocycles. The van der Waals surface area contributed by atoms with Gasteiger partial charge in [0.2, 0.25) is 0 Å². The molecule has 97 valence electrons. The average molecular weight is 336 g/mol. The Balaban J connectivity index is 3.25. The van der Waals surface area contributed by atoms with Crippen LogP contribution in [0.3, 0.4) is 0 Å². The van der Waals surface area contributed by atoms with E-state index in [1.807, 2.05) is 0 Å². The van der Waals surface area contributed by atoms with Gasteiger partial charge in [-0.25, -0.2) is 0 Å². The van der Waals surface area contributed by atoms with Crippen molar-refractivity contribution in [2.24, 2.45) is 5.41 Å². The maximum atomic E-state index is 2.47. The maximum absolute atomic E-state index is 2.47. The normalized spacial score (nSPS) is 15.1. The summed E-state index contributed by atoms with van der Waals surface area (Å²) in [7, 11) is -0.0474. The van der Waals surface area contributed by atoms with Crippen LogP contribution in [0.1, 0.15) is 26.3 Å². The molecule has 0 aliphatic rings. The quantitative estimate of drug-likeness (QED) is 0.533. The fourth-order valence-corrected chi connectivity index (χ4v) is 9.21. The van der Waals surface area contributed by atoms with Crippen LogP contribution in [-0.2, 0) is 0 Å². The van der Waals surface area contributed by atoms with Crippen LogP contribution in [0, 0.1) is 5.41 Å². The van der Waals surface area contributed by atoms with Crippen molar-refractivity contribution in [1.29, 1.82) is 0 Å². The summed E-state index contributed by atoms with van der Waals surface area (Å²) >= 11 is 2.29. The van der Waals surface area contributed by atoms with E-state index in [4.69, 9.17) is 0 Å². The van der Waals surface area contributed by atoms with E-state index in [2.05, 4.69) is 87.3 Å². The molecule has 0 aliphatic heterocycles. The van der Waals surface area contributed by atoms with Crippen molar-refractivity contribution >= 4 is 36.8 Å². The van der Waals surface area contributed by atoms with Gasteiger partial charge < -0.3 is 0 Å². The zero-order chi connectivity index (χ0) is 14.0. The van der Waals surface area contributed by atoms with Gasteiger partial charge in [0.25, 0.3) is 0 Å². The van der Waals surface area contributed by atoms with Crippen LogP contribution in [0.5, 0.6) is 0 Å². The molecule has 3 radical (unpaired) electrons. The van der Waals surface area contributed by atoms with Crippen molar-refractivity contribution in [1.82, 2.24) is 0 Å². The predicted molar refractivity (Wildman–Crippen MR) is 90.2 cm³/mol. The van der Waals surface area contributed by atoms with Crippen LogP contribution in [0.15, 0.2) is 35.6 Å². The third kappa shape index (κ3) is 5.03. The first kappa shape index (κ1) is 16.2. The van der Waals surface area contributed by atoms with E-state index in [-0.39, 0.29) is 5.41 Å². The zero-order valence-electron chi connectivity index (χ0n) is 12.4. The summed E-state index contributed by atoms with van der Waals surface area (Å²) in [6.07, 6.45) is 0. The summed E-state index contributed by atoms with van der Waals surface area (Å²) in [4.78, 5) is 0. The number of allylic oxidation sites excluding steroid dienone is 1. The van der Waals surface area contributed by atoms with E-state index in [1.54, 1.807) is 5.31 Å². The van der Waals surface area contributed by atoms with Crippen LogP contribution in [-0.4, -0.2) is 24.3 Å². The minimum atomic E-state index is -1.06. The van der Waals surface area contributed by atoms with Crippen molar-refractivity contribution in [3.05, 3.63) is 41.2 Å². The Kier molecular flexibility index (Phi) is 5.46. The third-order valence-corrected chi connectivity index (χ3v) is 9.22. The molecule has 3 heteroatoms. The monoisotopic (exact) mass is 337 g/mol. The third-order valence-electron chi connectivity index (χ3n) is 2.56. The number of hydrogen-bond donors (Lipinski definition) is 0. The standard InChI is InChI=1S/C15H24GePSi/c1-15(2,3)14(17-18(4,5)6)13(16)12-10-8-7-9-11-12/h7-11,17H,1-6H3/b14-13-. The fourth-order valence-electron chi connectivity index (χ4n) is 1.75. The molecule has 0 aliphatic carbocycles. The predicted octanol–water partition coefficient (Wildman–Crippen LogP) is 5.08. The molecule has 0 fully saturated rings. The van der Waals surface area contributed by atoms with Crippen LogP contribution in [0.4, 0.5) is 0 Å². The average Bonchev–Trinajstić information content (AvgIpc) is 2.24. The van der Waals surface area contributed by atoms with E-state index < -0.39 is 7.74 Å². The molecule has 1 aromatic rings. The molecule has 1 atom stereocenters. The molecule has 1 unspecified atom stereocenters. The second kappa shape index (κ2) is 6.07. The Morgan fingerprint density at radius 2 is 1.56 bits per heavy atom. The van der Waals surface area contributed by atoms with E-state index in [0.29, 0.717) is 0 Å². The van der Waals surface area contributed by atoms with E-state index in [0.717, 1.165) is 8.13 Å². The van der Waals surface area contributed by atoms with E-state index >= 15 is 0 Å². The molecule has 0 spiro atoms. The van der Waals surface area contributed by atoms with Crippen LogP contribution < -0.4 is 0 Å². The molecule has 18 heavy (non-hydrogen) atoms. The van der Waals surface area contributed by atoms with Crippen molar-refractivity contribution in [2.45, 2.75) is 40.4 Å². The summed E-state index contributed by atoms with van der Waals surface area (Å²) < 4.78 is 1.49. The summed E-state index contributed by atoms with van der Waals surface area (Å²) in [5, 5.41) is 1.66. The van der Waals surface area contributed by atoms with Gasteiger partial charge in [-0.3, -0.25) is 0 Å². The molecule has 0 saturated carbocycles. The Bertz CT molecular complexity index is 424. The van der Waals surface area contributed by atoms with Gasteiger partial charge in [0.1, 0.15) is 0 Å². The molecular weight excluding hydrogens is 312 g/mol. The first-order valence-electron chi connectivity index (χ1n) is 6.41. The van der Waals surface area contributed by atoms with Crippen molar-refractivity contribution in [3.63, 3.8) is 0 Å². The van der Waals surface area contributed by atoms with Gasteiger partial charge in [-0.2, -0.15) is 0 Å². The molecule has 1 aromatic carbocycles. The molecule has 0 amide bonds. The Morgan fingerprint density at radius 3 is 1.94 bits per heavy atom. The van der Waals surface area contributed by atoms with Crippen molar-refractivity contribution in [3.8, 4) is 0 Å². The van der Waals surface area contributed by atoms with Gasteiger partial charge in [-0.15, -0.1) is 0 Å². The van der Waals surface area contributed by atoms with Gasteiger partial charge in [-0.1, -0.05) is 0 Å². The summed E-state index contributed by atoms with van der Waals surface area (Å²) in [5.74, 6) is 0.